The topological polar surface area (TPSA) is 46.6 Å². The summed E-state index contributed by atoms with van der Waals surface area (Å²) in [7, 11) is 0. The van der Waals surface area contributed by atoms with Crippen molar-refractivity contribution in [3.8, 4) is 0 Å². The van der Waals surface area contributed by atoms with E-state index in [2.05, 4.69) is 12.1 Å². The number of aryl methyl sites for hydroxylation is 1. The highest BCUT2D eigenvalue weighted by Gasteiger charge is 2.44. The number of carbonyl (C=O) groups is 2. The number of nitrogens with zero attached hydrogens (tertiary/aromatic N) is 1. The number of thioether (sulfide) groups is 1. The molecule has 2 fully saturated rings. The minimum atomic E-state index is -0.437. The third kappa shape index (κ3) is 5.28. The first-order valence-electron chi connectivity index (χ1n) is 10.2. The summed E-state index contributed by atoms with van der Waals surface area (Å²) >= 11 is 1.73. The molecule has 0 unspecified atom stereocenters. The SMILES string of the molecule is CC(C)OC(=O)[C@@H]1CS[C@H](CCc2ccccc2)N1C(=O)C1CCCCC1. The van der Waals surface area contributed by atoms with Gasteiger partial charge in [0.1, 0.15) is 6.04 Å². The molecule has 3 rings (SSSR count). The summed E-state index contributed by atoms with van der Waals surface area (Å²) in [6, 6.07) is 9.92. The van der Waals surface area contributed by atoms with Crippen LogP contribution in [0.15, 0.2) is 30.3 Å². The van der Waals surface area contributed by atoms with Gasteiger partial charge in [0.15, 0.2) is 0 Å². The molecular formula is C22H31NO3S. The van der Waals surface area contributed by atoms with Crippen LogP contribution in [0.2, 0.25) is 0 Å². The van der Waals surface area contributed by atoms with E-state index in [0.29, 0.717) is 5.75 Å². The molecule has 1 aromatic carbocycles. The van der Waals surface area contributed by atoms with Gasteiger partial charge in [0.2, 0.25) is 5.91 Å². The monoisotopic (exact) mass is 389 g/mol. The van der Waals surface area contributed by atoms with Crippen LogP contribution in [0.1, 0.15) is 57.9 Å². The highest BCUT2D eigenvalue weighted by Crippen LogP contribution is 2.36. The van der Waals surface area contributed by atoms with Crippen molar-refractivity contribution < 1.29 is 14.3 Å². The third-order valence-corrected chi connectivity index (χ3v) is 6.80. The van der Waals surface area contributed by atoms with Crippen LogP contribution in [0.5, 0.6) is 0 Å². The first-order valence-corrected chi connectivity index (χ1v) is 11.3. The molecule has 0 aromatic heterocycles. The number of rotatable bonds is 6. The number of amides is 1. The summed E-state index contributed by atoms with van der Waals surface area (Å²) in [5, 5.41) is 0.0596. The van der Waals surface area contributed by atoms with Crippen LogP contribution in [-0.2, 0) is 20.7 Å². The standard InChI is InChI=1S/C22H31NO3S/c1-16(2)26-22(25)19-15-27-20(14-13-17-9-5-3-6-10-17)23(19)21(24)18-11-7-4-8-12-18/h3,5-6,9-10,16,18-20H,4,7-8,11-15H2,1-2H3/t19-,20+/m0/s1. The average Bonchev–Trinajstić information content (AvgIpc) is 3.11. The van der Waals surface area contributed by atoms with Crippen molar-refractivity contribution in [2.45, 2.75) is 76.3 Å². The Morgan fingerprint density at radius 1 is 1.15 bits per heavy atom. The van der Waals surface area contributed by atoms with E-state index < -0.39 is 6.04 Å². The fourth-order valence-electron chi connectivity index (χ4n) is 4.07. The van der Waals surface area contributed by atoms with Crippen LogP contribution in [0.4, 0.5) is 0 Å². The lowest BCUT2D eigenvalue weighted by atomic mass is 9.88. The van der Waals surface area contributed by atoms with Gasteiger partial charge in [-0.2, -0.15) is 0 Å². The van der Waals surface area contributed by atoms with Crippen LogP contribution in [0, 0.1) is 5.92 Å². The Balaban J connectivity index is 1.72. The number of hydrogen-bond acceptors (Lipinski definition) is 4. The molecule has 0 bridgehead atoms. The molecule has 1 saturated heterocycles. The normalized spacial score (nSPS) is 23.6. The fourth-order valence-corrected chi connectivity index (χ4v) is 5.47. The van der Waals surface area contributed by atoms with Crippen molar-refractivity contribution in [1.82, 2.24) is 4.90 Å². The molecule has 1 saturated carbocycles. The number of ether oxygens (including phenoxy) is 1. The van der Waals surface area contributed by atoms with E-state index in [1.807, 2.05) is 36.9 Å². The van der Waals surface area contributed by atoms with Gasteiger partial charge in [-0.1, -0.05) is 49.6 Å². The van der Waals surface area contributed by atoms with E-state index in [1.54, 1.807) is 11.8 Å². The van der Waals surface area contributed by atoms with E-state index >= 15 is 0 Å². The van der Waals surface area contributed by atoms with E-state index in [4.69, 9.17) is 4.74 Å². The van der Waals surface area contributed by atoms with Gasteiger partial charge >= 0.3 is 5.97 Å². The molecule has 0 radical (unpaired) electrons. The molecule has 1 heterocycles. The second-order valence-electron chi connectivity index (χ2n) is 7.89. The molecule has 0 spiro atoms. The predicted molar refractivity (Wildman–Crippen MR) is 109 cm³/mol. The zero-order valence-electron chi connectivity index (χ0n) is 16.4. The summed E-state index contributed by atoms with van der Waals surface area (Å²) in [5.74, 6) is 0.641. The van der Waals surface area contributed by atoms with Crippen LogP contribution in [-0.4, -0.2) is 40.0 Å². The lowest BCUT2D eigenvalue weighted by Gasteiger charge is -2.33. The Morgan fingerprint density at radius 3 is 2.52 bits per heavy atom. The largest absolute Gasteiger partial charge is 0.461 e. The summed E-state index contributed by atoms with van der Waals surface area (Å²) in [6.07, 6.45) is 7.00. The molecule has 1 aromatic rings. The molecule has 2 atom stereocenters. The maximum absolute atomic E-state index is 13.3. The molecule has 27 heavy (non-hydrogen) atoms. The van der Waals surface area contributed by atoms with Crippen LogP contribution < -0.4 is 0 Å². The molecular weight excluding hydrogens is 358 g/mol. The van der Waals surface area contributed by atoms with E-state index in [1.165, 1.54) is 12.0 Å². The second-order valence-corrected chi connectivity index (χ2v) is 9.10. The van der Waals surface area contributed by atoms with Crippen LogP contribution >= 0.6 is 11.8 Å². The zero-order valence-corrected chi connectivity index (χ0v) is 17.2. The lowest BCUT2D eigenvalue weighted by Crippen LogP contribution is -2.49. The molecule has 2 aliphatic rings. The number of esters is 1. The van der Waals surface area contributed by atoms with Crippen molar-refractivity contribution >= 4 is 23.6 Å². The van der Waals surface area contributed by atoms with Gasteiger partial charge in [0, 0.05) is 11.7 Å². The highest BCUT2D eigenvalue weighted by atomic mass is 32.2. The highest BCUT2D eigenvalue weighted by molar-refractivity contribution is 8.00. The van der Waals surface area contributed by atoms with Gasteiger partial charge in [0.05, 0.1) is 11.5 Å². The number of benzene rings is 1. The first kappa shape index (κ1) is 20.2. The average molecular weight is 390 g/mol. The van der Waals surface area contributed by atoms with Gasteiger partial charge in [-0.05, 0) is 45.1 Å². The third-order valence-electron chi connectivity index (χ3n) is 5.45. The van der Waals surface area contributed by atoms with Gasteiger partial charge in [-0.3, -0.25) is 4.79 Å². The van der Waals surface area contributed by atoms with Gasteiger partial charge in [-0.25, -0.2) is 4.79 Å². The van der Waals surface area contributed by atoms with Gasteiger partial charge in [0.25, 0.3) is 0 Å². The van der Waals surface area contributed by atoms with Crippen LogP contribution in [0.3, 0.4) is 0 Å². The summed E-state index contributed by atoms with van der Waals surface area (Å²) in [5.41, 5.74) is 1.27. The predicted octanol–water partition coefficient (Wildman–Crippen LogP) is 4.42. The maximum atomic E-state index is 13.3. The number of hydrogen-bond donors (Lipinski definition) is 0. The fraction of sp³-hybridized carbons (Fsp3) is 0.636. The molecule has 5 heteroatoms. The van der Waals surface area contributed by atoms with Crippen molar-refractivity contribution in [2.24, 2.45) is 5.92 Å². The molecule has 1 amide bonds. The van der Waals surface area contributed by atoms with Gasteiger partial charge in [-0.15, -0.1) is 11.8 Å². The van der Waals surface area contributed by atoms with E-state index in [9.17, 15) is 9.59 Å². The van der Waals surface area contributed by atoms with Gasteiger partial charge < -0.3 is 9.64 Å². The Kier molecular flexibility index (Phi) is 7.22. The van der Waals surface area contributed by atoms with Crippen molar-refractivity contribution in [2.75, 3.05) is 5.75 Å². The second kappa shape index (κ2) is 9.63. The quantitative estimate of drug-likeness (QED) is 0.676. The Bertz CT molecular complexity index is 628. The first-order chi connectivity index (χ1) is 13.1. The van der Waals surface area contributed by atoms with Crippen LogP contribution in [0.25, 0.3) is 0 Å². The molecule has 1 aliphatic carbocycles. The molecule has 0 N–H and O–H groups in total. The van der Waals surface area contributed by atoms with E-state index in [0.717, 1.165) is 38.5 Å². The Hall–Kier alpha value is -1.49. The van der Waals surface area contributed by atoms with Crippen molar-refractivity contribution in [3.05, 3.63) is 35.9 Å². The Morgan fingerprint density at radius 2 is 1.85 bits per heavy atom. The smallest absolute Gasteiger partial charge is 0.330 e. The molecule has 148 valence electrons. The molecule has 1 aliphatic heterocycles. The summed E-state index contributed by atoms with van der Waals surface area (Å²) < 4.78 is 5.47. The Labute approximate surface area is 167 Å². The maximum Gasteiger partial charge on any atom is 0.330 e. The van der Waals surface area contributed by atoms with Crippen molar-refractivity contribution in [3.63, 3.8) is 0 Å². The number of carbonyl (C=O) groups excluding carboxylic acids is 2. The zero-order chi connectivity index (χ0) is 19.2. The van der Waals surface area contributed by atoms with Crippen molar-refractivity contribution in [1.29, 1.82) is 0 Å². The minimum Gasteiger partial charge on any atom is -0.461 e. The summed E-state index contributed by atoms with van der Waals surface area (Å²) in [4.78, 5) is 27.9. The molecule has 4 nitrogen and oxygen atoms in total. The minimum absolute atomic E-state index is 0.0596. The lowest BCUT2D eigenvalue weighted by molar-refractivity contribution is -0.158. The van der Waals surface area contributed by atoms with E-state index in [-0.39, 0.29) is 29.3 Å². The summed E-state index contributed by atoms with van der Waals surface area (Å²) in [6.45, 7) is 3.72.